The predicted molar refractivity (Wildman–Crippen MR) is 62.7 cm³/mol. The molecule has 1 aromatic rings. The number of pyridine rings is 1. The van der Waals surface area contributed by atoms with Crippen molar-refractivity contribution in [3.63, 3.8) is 0 Å². The van der Waals surface area contributed by atoms with Crippen LogP contribution < -0.4 is 34.4 Å². The molecule has 0 saturated heterocycles. The molecule has 0 fully saturated rings. The van der Waals surface area contributed by atoms with E-state index in [-0.39, 0.29) is 31.0 Å². The minimum absolute atomic E-state index is 0. The van der Waals surface area contributed by atoms with Gasteiger partial charge in [0, 0.05) is 0 Å². The fourth-order valence-corrected chi connectivity index (χ4v) is 1.36. The quantitative estimate of drug-likeness (QED) is 0.300. The van der Waals surface area contributed by atoms with E-state index in [1.165, 1.54) is 0 Å². The first kappa shape index (κ1) is 18.3. The molecule has 0 atom stereocenters. The maximum Gasteiger partial charge on any atom is 1.00 e. The number of ether oxygens (including phenoxy) is 1. The van der Waals surface area contributed by atoms with Gasteiger partial charge in [-0.15, -0.1) is 4.73 Å². The molecular formula is C12H14LiNO6. The van der Waals surface area contributed by atoms with Crippen molar-refractivity contribution in [2.75, 3.05) is 13.7 Å². The van der Waals surface area contributed by atoms with Gasteiger partial charge in [-0.2, -0.15) is 0 Å². The predicted octanol–water partition coefficient (Wildman–Crippen LogP) is -3.77. The van der Waals surface area contributed by atoms with Gasteiger partial charge in [0.15, 0.2) is 0 Å². The number of unbranched alkanes of at least 4 members (excludes halogenated alkanes) is 1. The van der Waals surface area contributed by atoms with Crippen molar-refractivity contribution in [3.05, 3.63) is 33.7 Å². The van der Waals surface area contributed by atoms with Crippen LogP contribution in [0.4, 0.5) is 0 Å². The van der Waals surface area contributed by atoms with Gasteiger partial charge in [-0.3, -0.25) is 4.79 Å². The van der Waals surface area contributed by atoms with Crippen LogP contribution in [0.2, 0.25) is 0 Å². The third kappa shape index (κ3) is 4.15. The Morgan fingerprint density at radius 1 is 1.35 bits per heavy atom. The number of nitrogens with zero attached hydrogens (tertiary/aromatic N) is 1. The Hall–Kier alpha value is -1.71. The maximum atomic E-state index is 11.9. The number of hydrogen-bond donors (Lipinski definition) is 0. The second-order valence-electron chi connectivity index (χ2n) is 3.70. The SMILES string of the molecule is CCCCOn1c(C(=O)[O-])ccc(C(=O)OC)c1=O.[Li+]. The number of aromatic carboxylic acids is 1. The minimum Gasteiger partial charge on any atom is -0.543 e. The number of carboxylic acids is 1. The molecule has 0 aliphatic carbocycles. The van der Waals surface area contributed by atoms with Gasteiger partial charge in [-0.05, 0) is 18.6 Å². The van der Waals surface area contributed by atoms with E-state index in [2.05, 4.69) is 4.74 Å². The molecule has 1 heterocycles. The van der Waals surface area contributed by atoms with E-state index in [4.69, 9.17) is 4.84 Å². The van der Waals surface area contributed by atoms with Crippen LogP contribution in [0.15, 0.2) is 16.9 Å². The first-order chi connectivity index (χ1) is 9.02. The van der Waals surface area contributed by atoms with Gasteiger partial charge in [-0.25, -0.2) is 4.79 Å². The first-order valence-electron chi connectivity index (χ1n) is 5.72. The van der Waals surface area contributed by atoms with Gasteiger partial charge >= 0.3 is 24.8 Å². The minimum atomic E-state index is -1.56. The molecule has 0 bridgehead atoms. The van der Waals surface area contributed by atoms with E-state index in [9.17, 15) is 19.5 Å². The average Bonchev–Trinajstić information content (AvgIpc) is 2.39. The first-order valence-corrected chi connectivity index (χ1v) is 5.72. The van der Waals surface area contributed by atoms with Crippen molar-refractivity contribution in [1.29, 1.82) is 0 Å². The van der Waals surface area contributed by atoms with E-state index >= 15 is 0 Å². The van der Waals surface area contributed by atoms with Gasteiger partial charge in [0.05, 0.1) is 13.1 Å². The normalized spacial score (nSPS) is 9.50. The summed E-state index contributed by atoms with van der Waals surface area (Å²) < 4.78 is 4.98. The monoisotopic (exact) mass is 275 g/mol. The van der Waals surface area contributed by atoms with Crippen LogP contribution in [-0.4, -0.2) is 30.4 Å². The topological polar surface area (TPSA) is 97.7 Å². The molecular weight excluding hydrogens is 261 g/mol. The van der Waals surface area contributed by atoms with E-state index < -0.39 is 23.2 Å². The smallest absolute Gasteiger partial charge is 0.543 e. The number of hydrogen-bond acceptors (Lipinski definition) is 6. The van der Waals surface area contributed by atoms with Crippen molar-refractivity contribution in [3.8, 4) is 0 Å². The van der Waals surface area contributed by atoms with E-state index in [0.29, 0.717) is 11.2 Å². The number of aromatic nitrogens is 1. The zero-order chi connectivity index (χ0) is 14.4. The molecule has 0 amide bonds. The number of carboxylic acid groups (broad SMARTS) is 1. The van der Waals surface area contributed by atoms with Crippen LogP contribution in [0.1, 0.15) is 40.6 Å². The van der Waals surface area contributed by atoms with Gasteiger partial charge in [0.2, 0.25) is 0 Å². The van der Waals surface area contributed by atoms with Gasteiger partial charge in [-0.1, -0.05) is 13.3 Å². The van der Waals surface area contributed by atoms with Crippen LogP contribution in [-0.2, 0) is 4.74 Å². The van der Waals surface area contributed by atoms with E-state index in [0.717, 1.165) is 25.7 Å². The second-order valence-corrected chi connectivity index (χ2v) is 3.70. The summed E-state index contributed by atoms with van der Waals surface area (Å²) in [6.07, 6.45) is 1.45. The summed E-state index contributed by atoms with van der Waals surface area (Å²) in [5, 5.41) is 10.9. The molecule has 0 spiro atoms. The molecule has 0 aliphatic rings. The molecule has 0 aliphatic heterocycles. The average molecular weight is 275 g/mol. The Kier molecular flexibility index (Phi) is 7.73. The zero-order valence-electron chi connectivity index (χ0n) is 11.7. The Bertz CT molecular complexity index is 539. The van der Waals surface area contributed by atoms with E-state index in [1.807, 2.05) is 6.92 Å². The number of methoxy groups -OCH3 is 1. The molecule has 0 aromatic carbocycles. The van der Waals surface area contributed by atoms with Gasteiger partial charge in [0.25, 0.3) is 5.56 Å². The Labute approximate surface area is 127 Å². The van der Waals surface area contributed by atoms with Gasteiger partial charge in [0.1, 0.15) is 17.9 Å². The zero-order valence-corrected chi connectivity index (χ0v) is 11.7. The van der Waals surface area contributed by atoms with Crippen molar-refractivity contribution in [2.45, 2.75) is 19.8 Å². The molecule has 0 unspecified atom stereocenters. The number of rotatable bonds is 6. The molecule has 7 nitrogen and oxygen atoms in total. The number of esters is 1. The summed E-state index contributed by atoms with van der Waals surface area (Å²) in [5.74, 6) is -2.42. The molecule has 20 heavy (non-hydrogen) atoms. The van der Waals surface area contributed by atoms with Crippen LogP contribution in [0.3, 0.4) is 0 Å². The summed E-state index contributed by atoms with van der Waals surface area (Å²) in [6.45, 7) is 2.07. The third-order valence-corrected chi connectivity index (χ3v) is 2.37. The summed E-state index contributed by atoms with van der Waals surface area (Å²) in [5.41, 5.74) is -1.64. The van der Waals surface area contributed by atoms with Crippen LogP contribution in [0.25, 0.3) is 0 Å². The fraction of sp³-hybridized carbons (Fsp3) is 0.417. The standard InChI is InChI=1S/C12H15NO6.Li/c1-3-4-7-19-13-9(11(15)16)6-5-8(10(13)14)12(17)18-2;/h5-6H,3-4,7H2,1-2H3,(H,15,16);/q;+1/p-1. The van der Waals surface area contributed by atoms with Crippen LogP contribution in [0.5, 0.6) is 0 Å². The molecule has 0 N–H and O–H groups in total. The van der Waals surface area contributed by atoms with Gasteiger partial charge < -0.3 is 19.5 Å². The largest absolute Gasteiger partial charge is 1.00 e. The summed E-state index contributed by atoms with van der Waals surface area (Å²) in [6, 6.07) is 2.13. The molecule has 104 valence electrons. The molecule has 1 aromatic heterocycles. The molecule has 1 rings (SSSR count). The molecule has 0 radical (unpaired) electrons. The van der Waals surface area contributed by atoms with Crippen LogP contribution in [0, 0.1) is 0 Å². The third-order valence-electron chi connectivity index (χ3n) is 2.37. The van der Waals surface area contributed by atoms with E-state index in [1.54, 1.807) is 0 Å². The number of carbonyl (C=O) groups excluding carboxylic acids is 2. The van der Waals surface area contributed by atoms with Crippen LogP contribution >= 0.6 is 0 Å². The number of carbonyl (C=O) groups is 2. The Balaban J connectivity index is 0.00000361. The summed E-state index contributed by atoms with van der Waals surface area (Å²) >= 11 is 0. The maximum absolute atomic E-state index is 11.9. The van der Waals surface area contributed by atoms with Crippen molar-refractivity contribution in [1.82, 2.24) is 4.73 Å². The second kappa shape index (κ2) is 8.46. The molecule has 0 saturated carbocycles. The van der Waals surface area contributed by atoms with Crippen molar-refractivity contribution >= 4 is 11.9 Å². The Morgan fingerprint density at radius 2 is 2.00 bits per heavy atom. The summed E-state index contributed by atoms with van der Waals surface area (Å²) in [4.78, 5) is 39.2. The molecule has 8 heteroatoms. The van der Waals surface area contributed by atoms with Crippen molar-refractivity contribution in [2.24, 2.45) is 0 Å². The van der Waals surface area contributed by atoms with Crippen molar-refractivity contribution < 1.29 is 43.1 Å². The Morgan fingerprint density at radius 3 is 2.50 bits per heavy atom. The fourth-order valence-electron chi connectivity index (χ4n) is 1.36. The summed E-state index contributed by atoms with van der Waals surface area (Å²) in [7, 11) is 1.12.